The van der Waals surface area contributed by atoms with Gasteiger partial charge in [0.15, 0.2) is 49.6 Å². The average molecular weight is 939 g/mol. The number of hydrogen-bond donors (Lipinski definition) is 5. The molecule has 4 heterocycles. The van der Waals surface area contributed by atoms with Crippen molar-refractivity contribution in [1.29, 1.82) is 0 Å². The van der Waals surface area contributed by atoms with Crippen LogP contribution >= 0.6 is 0 Å². The predicted molar refractivity (Wildman–Crippen MR) is 222 cm³/mol. The highest BCUT2D eigenvalue weighted by atomic mass is 16.8. The molecule has 0 saturated carbocycles. The predicted octanol–water partition coefficient (Wildman–Crippen LogP) is 1.59. The van der Waals surface area contributed by atoms with E-state index in [-0.39, 0.29) is 0 Å². The van der Waals surface area contributed by atoms with E-state index in [2.05, 4.69) is 6.92 Å². The van der Waals surface area contributed by atoms with Crippen LogP contribution in [0.25, 0.3) is 0 Å². The normalized spacial score (nSPS) is 39.8. The van der Waals surface area contributed by atoms with E-state index in [1.165, 1.54) is 59.3 Å². The Morgan fingerprint density at radius 2 is 0.769 bits per heavy atom. The highest BCUT2D eigenvalue weighted by molar-refractivity contribution is 5.67. The number of carbonyl (C=O) groups is 4. The van der Waals surface area contributed by atoms with Crippen LogP contribution in [0.1, 0.15) is 127 Å². The van der Waals surface area contributed by atoms with Gasteiger partial charge in [0.25, 0.3) is 0 Å². The van der Waals surface area contributed by atoms with Crippen LogP contribution in [-0.2, 0) is 76.0 Å². The summed E-state index contributed by atoms with van der Waals surface area (Å²) in [5.41, 5.74) is 0. The van der Waals surface area contributed by atoms with Crippen molar-refractivity contribution in [2.24, 2.45) is 0 Å². The van der Waals surface area contributed by atoms with Gasteiger partial charge in [-0.15, -0.1) is 0 Å². The van der Waals surface area contributed by atoms with Gasteiger partial charge in [-0.3, -0.25) is 19.2 Å². The molecule has 5 N–H and O–H groups in total. The van der Waals surface area contributed by atoms with Crippen molar-refractivity contribution in [3.63, 3.8) is 0 Å². The van der Waals surface area contributed by atoms with E-state index in [0.717, 1.165) is 53.4 Å². The van der Waals surface area contributed by atoms with Gasteiger partial charge in [0.05, 0.1) is 24.4 Å². The highest BCUT2D eigenvalue weighted by Gasteiger charge is 2.57. The fourth-order valence-electron chi connectivity index (χ4n) is 8.53. The van der Waals surface area contributed by atoms with E-state index < -0.39 is 147 Å². The lowest BCUT2D eigenvalue weighted by molar-refractivity contribution is -0.385. The maximum absolute atomic E-state index is 12.7. The summed E-state index contributed by atoms with van der Waals surface area (Å²) in [6.07, 6.45) is -17.6. The van der Waals surface area contributed by atoms with Crippen molar-refractivity contribution in [2.45, 2.75) is 249 Å². The minimum absolute atomic E-state index is 0.302. The second kappa shape index (κ2) is 26.2. The van der Waals surface area contributed by atoms with Crippen molar-refractivity contribution in [3.05, 3.63) is 0 Å². The Hall–Kier alpha value is -2.64. The number of aliphatic hydroxyl groups is 5. The molecule has 0 radical (unpaired) electrons. The van der Waals surface area contributed by atoms with Crippen LogP contribution in [0, 0.1) is 0 Å². The van der Waals surface area contributed by atoms with Gasteiger partial charge in [-0.25, -0.2) is 0 Å². The summed E-state index contributed by atoms with van der Waals surface area (Å²) in [5, 5.41) is 55.7. The van der Waals surface area contributed by atoms with Gasteiger partial charge in [0.1, 0.15) is 48.8 Å². The van der Waals surface area contributed by atoms with Gasteiger partial charge in [0, 0.05) is 34.3 Å². The molecule has 376 valence electrons. The number of hydrogen-bond acceptors (Lipinski definition) is 21. The lowest BCUT2D eigenvalue weighted by atomic mass is 9.95. The topological polar surface area (TPSA) is 280 Å². The summed E-state index contributed by atoms with van der Waals surface area (Å²) >= 11 is 0. The van der Waals surface area contributed by atoms with Crippen LogP contribution in [0.5, 0.6) is 0 Å². The van der Waals surface area contributed by atoms with Crippen LogP contribution in [0.2, 0.25) is 0 Å². The van der Waals surface area contributed by atoms with Gasteiger partial charge < -0.3 is 82.4 Å². The molecular weight excluding hydrogens is 864 g/mol. The first-order valence-electron chi connectivity index (χ1n) is 23.0. The first-order valence-corrected chi connectivity index (χ1v) is 23.0. The first kappa shape index (κ1) is 55.0. The quantitative estimate of drug-likeness (QED) is 0.0585. The van der Waals surface area contributed by atoms with E-state index in [9.17, 15) is 44.7 Å². The van der Waals surface area contributed by atoms with E-state index in [0.29, 0.717) is 6.61 Å². The molecule has 4 aliphatic rings. The molecule has 21 nitrogen and oxygen atoms in total. The van der Waals surface area contributed by atoms with Crippen molar-refractivity contribution >= 4 is 23.9 Å². The zero-order chi connectivity index (χ0) is 48.1. The molecule has 0 bridgehead atoms. The molecule has 0 aromatic carbocycles. The lowest BCUT2D eigenvalue weighted by Gasteiger charge is -2.50. The third-order valence-corrected chi connectivity index (χ3v) is 11.9. The summed E-state index contributed by atoms with van der Waals surface area (Å²) in [6.45, 7) is 12.8. The van der Waals surface area contributed by atoms with Crippen LogP contribution in [0.4, 0.5) is 0 Å². The molecule has 65 heavy (non-hydrogen) atoms. The Kier molecular flexibility index (Phi) is 22.2. The van der Waals surface area contributed by atoms with E-state index in [1.807, 2.05) is 0 Å². The standard InChI is InChI=1S/C44H74O21/c1-10-11-12-13-14-15-16-17-18-19-20-54-41-32(52)31(51)34(22(3)56-41)63-42-33(53)37(35(23(4)57-42)59-25(6)45)64-44-40(62-28(9)48)39(36(24(5)58-44)60-26(7)46)65-43-38(61-27(8)47)30(50)29(49)21(2)55-43/h21-24,29-44,49-53H,10-20H2,1-9H3. The molecule has 0 aromatic rings. The van der Waals surface area contributed by atoms with Gasteiger partial charge in [-0.2, -0.15) is 0 Å². The van der Waals surface area contributed by atoms with Crippen LogP contribution in [-0.4, -0.2) is 179 Å². The number of carbonyl (C=O) groups excluding carboxylic acids is 4. The van der Waals surface area contributed by atoms with E-state index in [1.54, 1.807) is 6.92 Å². The van der Waals surface area contributed by atoms with Crippen LogP contribution in [0.15, 0.2) is 0 Å². The molecular formula is C44H74O21. The van der Waals surface area contributed by atoms with Crippen molar-refractivity contribution in [1.82, 2.24) is 0 Å². The molecule has 4 rings (SSSR count). The Morgan fingerprint density at radius 3 is 1.32 bits per heavy atom. The Bertz CT molecular complexity index is 1490. The first-order chi connectivity index (χ1) is 30.7. The van der Waals surface area contributed by atoms with Crippen LogP contribution in [0.3, 0.4) is 0 Å². The average Bonchev–Trinajstić information content (AvgIpc) is 3.22. The fraction of sp³-hybridized carbons (Fsp3) is 0.909. The van der Waals surface area contributed by atoms with E-state index >= 15 is 0 Å². The van der Waals surface area contributed by atoms with Crippen molar-refractivity contribution in [3.8, 4) is 0 Å². The van der Waals surface area contributed by atoms with Gasteiger partial charge >= 0.3 is 23.9 Å². The highest BCUT2D eigenvalue weighted by Crippen LogP contribution is 2.37. The molecule has 0 aliphatic carbocycles. The third-order valence-electron chi connectivity index (χ3n) is 11.9. The van der Waals surface area contributed by atoms with Crippen LogP contribution < -0.4 is 0 Å². The summed E-state index contributed by atoms with van der Waals surface area (Å²) in [5.74, 6) is -3.34. The molecule has 20 unspecified atom stereocenters. The second-order valence-electron chi connectivity index (χ2n) is 17.4. The van der Waals surface area contributed by atoms with E-state index in [4.69, 9.17) is 56.8 Å². The molecule has 4 fully saturated rings. The number of esters is 4. The Balaban J connectivity index is 1.51. The molecule has 21 heteroatoms. The Morgan fingerprint density at radius 1 is 0.385 bits per heavy atom. The maximum Gasteiger partial charge on any atom is 0.303 e. The minimum Gasteiger partial charge on any atom is -0.457 e. The fourth-order valence-corrected chi connectivity index (χ4v) is 8.53. The van der Waals surface area contributed by atoms with Crippen molar-refractivity contribution in [2.75, 3.05) is 6.61 Å². The second-order valence-corrected chi connectivity index (χ2v) is 17.4. The van der Waals surface area contributed by atoms with Gasteiger partial charge in [0.2, 0.25) is 0 Å². The van der Waals surface area contributed by atoms with Gasteiger partial charge in [-0.1, -0.05) is 64.7 Å². The smallest absolute Gasteiger partial charge is 0.303 e. The summed E-state index contributed by atoms with van der Waals surface area (Å²) < 4.78 is 70.5. The lowest BCUT2D eigenvalue weighted by Crippen LogP contribution is -2.67. The molecule has 0 aromatic heterocycles. The Labute approximate surface area is 380 Å². The maximum atomic E-state index is 12.7. The molecule has 4 saturated heterocycles. The SMILES string of the molecule is CCCCCCCCCCCCOC1OC(C)C(OC2OC(C)C(OC(C)=O)C(OC3OC(C)C(OC(C)=O)C(OC4OC(C)C(O)C(O)C4OC(C)=O)C3OC(C)=O)C2O)C(O)C1O. The summed E-state index contributed by atoms with van der Waals surface area (Å²) in [4.78, 5) is 49.7. The zero-order valence-electron chi connectivity index (χ0n) is 39.1. The van der Waals surface area contributed by atoms with Gasteiger partial charge in [-0.05, 0) is 34.1 Å². The molecule has 4 aliphatic heterocycles. The molecule has 20 atom stereocenters. The number of unbranched alkanes of at least 4 members (excludes halogenated alkanes) is 9. The zero-order valence-corrected chi connectivity index (χ0v) is 39.1. The number of rotatable bonds is 22. The summed E-state index contributed by atoms with van der Waals surface area (Å²) in [7, 11) is 0. The third kappa shape index (κ3) is 15.4. The largest absolute Gasteiger partial charge is 0.457 e. The molecule has 0 amide bonds. The monoisotopic (exact) mass is 938 g/mol. The molecule has 0 spiro atoms. The number of aliphatic hydroxyl groups excluding tert-OH is 5. The summed E-state index contributed by atoms with van der Waals surface area (Å²) in [6, 6.07) is 0. The minimum atomic E-state index is -1.84. The number of ether oxygens (including phenoxy) is 12. The van der Waals surface area contributed by atoms with Crippen molar-refractivity contribution < 1.29 is 102 Å².